The topological polar surface area (TPSA) is 91.7 Å². The second-order valence-electron chi connectivity index (χ2n) is 5.14. The molecule has 2 aliphatic rings. The Bertz CT molecular complexity index is 852. The lowest BCUT2D eigenvalue weighted by Crippen LogP contribution is -2.38. The van der Waals surface area contributed by atoms with Crippen molar-refractivity contribution in [1.29, 1.82) is 5.26 Å². The molecule has 0 saturated carbocycles. The molecule has 1 aromatic carbocycles. The van der Waals surface area contributed by atoms with Crippen LogP contribution in [0.2, 0.25) is 5.02 Å². The third kappa shape index (κ3) is 2.54. The Morgan fingerprint density at radius 3 is 2.71 bits per heavy atom. The van der Waals surface area contributed by atoms with E-state index in [4.69, 9.17) is 22.1 Å². The minimum Gasteiger partial charge on any atom is -0.466 e. The van der Waals surface area contributed by atoms with Gasteiger partial charge in [-0.25, -0.2) is 9.79 Å². The van der Waals surface area contributed by atoms with E-state index in [9.17, 15) is 10.1 Å². The molecule has 24 heavy (non-hydrogen) atoms. The number of allylic oxidation sites excluding steroid dienone is 2. The van der Waals surface area contributed by atoms with E-state index in [0.29, 0.717) is 26.4 Å². The maximum Gasteiger partial charge on any atom is 0.338 e. The first-order valence-corrected chi connectivity index (χ1v) is 8.17. The lowest BCUT2D eigenvalue weighted by molar-refractivity contribution is -0.136. The average Bonchev–Trinajstić information content (AvgIpc) is 2.89. The van der Waals surface area contributed by atoms with E-state index >= 15 is 0 Å². The molecule has 122 valence electrons. The highest BCUT2D eigenvalue weighted by Crippen LogP contribution is 2.45. The number of esters is 1. The summed E-state index contributed by atoms with van der Waals surface area (Å²) in [4.78, 5) is 18.8. The fourth-order valence-corrected chi connectivity index (χ4v) is 3.71. The van der Waals surface area contributed by atoms with Gasteiger partial charge < -0.3 is 10.5 Å². The van der Waals surface area contributed by atoms with Crippen LogP contribution < -0.4 is 5.73 Å². The number of nitrogens with two attached hydrogens (primary N) is 1. The number of benzene rings is 1. The van der Waals surface area contributed by atoms with Gasteiger partial charge in [-0.05, 0) is 36.4 Å². The number of thioether (sulfide) groups is 1. The van der Waals surface area contributed by atoms with E-state index in [1.807, 2.05) is 12.1 Å². The number of carbonyl (C=O) groups is 1. The van der Waals surface area contributed by atoms with Gasteiger partial charge in [0, 0.05) is 5.02 Å². The molecule has 2 N–H and O–H groups in total. The highest BCUT2D eigenvalue weighted by Gasteiger charge is 2.42. The van der Waals surface area contributed by atoms with Crippen molar-refractivity contribution in [2.24, 2.45) is 10.7 Å². The van der Waals surface area contributed by atoms with Crippen LogP contribution >= 0.6 is 23.4 Å². The van der Waals surface area contributed by atoms with Crippen LogP contribution in [0, 0.1) is 11.3 Å². The normalized spacial score (nSPS) is 19.8. The van der Waals surface area contributed by atoms with Gasteiger partial charge in [-0.3, -0.25) is 4.90 Å². The van der Waals surface area contributed by atoms with Crippen LogP contribution in [0.25, 0.3) is 0 Å². The summed E-state index contributed by atoms with van der Waals surface area (Å²) < 4.78 is 4.92. The minimum atomic E-state index is -0.527. The zero-order chi connectivity index (χ0) is 17.4. The molecule has 6 nitrogen and oxygen atoms in total. The zero-order valence-corrected chi connectivity index (χ0v) is 14.5. The van der Waals surface area contributed by atoms with Crippen LogP contribution in [0.1, 0.15) is 18.5 Å². The van der Waals surface area contributed by atoms with Crippen LogP contribution in [-0.2, 0) is 9.53 Å². The van der Waals surface area contributed by atoms with Crippen molar-refractivity contribution in [3.63, 3.8) is 0 Å². The second-order valence-corrected chi connectivity index (χ2v) is 6.55. The number of halogens is 1. The number of rotatable bonds is 2. The maximum absolute atomic E-state index is 12.3. The largest absolute Gasteiger partial charge is 0.466 e. The molecule has 1 atom stereocenters. The number of hydrogen-bond donors (Lipinski definition) is 1. The smallest absolute Gasteiger partial charge is 0.338 e. The first-order chi connectivity index (χ1) is 11.5. The van der Waals surface area contributed by atoms with Gasteiger partial charge in [0.05, 0.1) is 24.4 Å². The molecule has 0 aliphatic carbocycles. The fraction of sp³-hybridized carbons (Fsp3) is 0.188. The van der Waals surface area contributed by atoms with E-state index in [1.165, 1.54) is 18.9 Å². The van der Waals surface area contributed by atoms with Gasteiger partial charge in [0.2, 0.25) is 0 Å². The molecule has 0 aromatic heterocycles. The zero-order valence-electron chi connectivity index (χ0n) is 12.9. The van der Waals surface area contributed by atoms with Gasteiger partial charge in [0.1, 0.15) is 16.8 Å². The summed E-state index contributed by atoms with van der Waals surface area (Å²) in [7, 11) is 1.32. The summed E-state index contributed by atoms with van der Waals surface area (Å²) in [6.07, 6.45) is 0. The van der Waals surface area contributed by atoms with Crippen molar-refractivity contribution >= 4 is 34.5 Å². The van der Waals surface area contributed by atoms with Crippen LogP contribution in [0.5, 0.6) is 0 Å². The first kappa shape index (κ1) is 16.4. The van der Waals surface area contributed by atoms with E-state index in [1.54, 1.807) is 24.0 Å². The number of methoxy groups -OCH3 is 1. The minimum absolute atomic E-state index is 0.273. The third-order valence-corrected chi connectivity index (χ3v) is 5.00. The molecular weight excluding hydrogens is 348 g/mol. The van der Waals surface area contributed by atoms with Crippen LogP contribution in [0.4, 0.5) is 0 Å². The predicted octanol–water partition coefficient (Wildman–Crippen LogP) is 2.90. The van der Waals surface area contributed by atoms with Gasteiger partial charge >= 0.3 is 5.97 Å². The lowest BCUT2D eigenvalue weighted by atomic mass is 9.94. The monoisotopic (exact) mass is 360 g/mol. The molecule has 0 fully saturated rings. The van der Waals surface area contributed by atoms with Crippen LogP contribution in [0.15, 0.2) is 51.3 Å². The number of aliphatic imine (C=N–C) groups is 1. The molecule has 0 saturated heterocycles. The number of fused-ring (bicyclic) bond motifs is 1. The lowest BCUT2D eigenvalue weighted by Gasteiger charge is -2.34. The summed E-state index contributed by atoms with van der Waals surface area (Å²) in [5, 5.41) is 10.4. The van der Waals surface area contributed by atoms with E-state index in [-0.39, 0.29) is 5.82 Å². The fourth-order valence-electron chi connectivity index (χ4n) is 2.67. The highest BCUT2D eigenvalue weighted by atomic mass is 35.5. The Kier molecular flexibility index (Phi) is 4.26. The summed E-state index contributed by atoms with van der Waals surface area (Å²) in [5.74, 6) is -0.214. The molecule has 0 amide bonds. The quantitative estimate of drug-likeness (QED) is 0.815. The summed E-state index contributed by atoms with van der Waals surface area (Å²) in [6, 6.07) is 8.64. The Morgan fingerprint density at radius 1 is 1.46 bits per heavy atom. The third-order valence-electron chi connectivity index (χ3n) is 3.77. The Balaban J connectivity index is 2.20. The van der Waals surface area contributed by atoms with Gasteiger partial charge in [0.25, 0.3) is 0 Å². The number of amidine groups is 1. The van der Waals surface area contributed by atoms with Gasteiger partial charge in [-0.15, -0.1) is 0 Å². The van der Waals surface area contributed by atoms with Crippen LogP contribution in [-0.4, -0.2) is 23.1 Å². The SMILES string of the molecule is COC(=O)C1=C(C)N=C2SC(C#N)=C(N)N2[C@@H]1c1ccc(Cl)cc1. The van der Waals surface area contributed by atoms with Crippen molar-refractivity contribution in [3.8, 4) is 6.07 Å². The van der Waals surface area contributed by atoms with E-state index in [2.05, 4.69) is 11.1 Å². The number of ether oxygens (including phenoxy) is 1. The molecular formula is C16H13ClN4O2S. The predicted molar refractivity (Wildman–Crippen MR) is 92.6 cm³/mol. The van der Waals surface area contributed by atoms with E-state index in [0.717, 1.165) is 5.56 Å². The van der Waals surface area contributed by atoms with E-state index < -0.39 is 12.0 Å². The molecule has 0 spiro atoms. The van der Waals surface area contributed by atoms with Crippen molar-refractivity contribution in [3.05, 3.63) is 56.8 Å². The van der Waals surface area contributed by atoms with Crippen molar-refractivity contribution < 1.29 is 9.53 Å². The number of hydrogen-bond acceptors (Lipinski definition) is 7. The average molecular weight is 361 g/mol. The van der Waals surface area contributed by atoms with Crippen molar-refractivity contribution in [1.82, 2.24) is 4.90 Å². The van der Waals surface area contributed by atoms with Crippen molar-refractivity contribution in [2.75, 3.05) is 7.11 Å². The molecule has 2 heterocycles. The standard InChI is InChI=1S/C16H13ClN4O2S/c1-8-12(15(22)23-2)13(9-3-5-10(17)6-4-9)21-14(19)11(7-18)24-16(21)20-8/h3-6,13H,19H2,1-2H3/t13-/m1/s1. The second kappa shape index (κ2) is 6.23. The molecule has 2 aliphatic heterocycles. The molecule has 3 rings (SSSR count). The Labute approximate surface area is 148 Å². The molecule has 0 unspecified atom stereocenters. The Morgan fingerprint density at radius 2 is 2.12 bits per heavy atom. The number of carbonyl (C=O) groups excluding carboxylic acids is 1. The van der Waals surface area contributed by atoms with Gasteiger partial charge in [-0.1, -0.05) is 23.7 Å². The molecule has 8 heteroatoms. The number of nitriles is 1. The first-order valence-electron chi connectivity index (χ1n) is 6.98. The molecule has 0 bridgehead atoms. The summed E-state index contributed by atoms with van der Waals surface area (Å²) >= 11 is 7.16. The van der Waals surface area contributed by atoms with Crippen LogP contribution in [0.3, 0.4) is 0 Å². The Hall–Kier alpha value is -2.43. The summed E-state index contributed by atoms with van der Waals surface area (Å²) in [6.45, 7) is 1.74. The number of nitrogens with zero attached hydrogens (tertiary/aromatic N) is 3. The molecule has 1 aromatic rings. The van der Waals surface area contributed by atoms with Gasteiger partial charge in [0.15, 0.2) is 5.17 Å². The van der Waals surface area contributed by atoms with Gasteiger partial charge in [-0.2, -0.15) is 5.26 Å². The molecule has 0 radical (unpaired) electrons. The van der Waals surface area contributed by atoms with Crippen molar-refractivity contribution in [2.45, 2.75) is 13.0 Å². The maximum atomic E-state index is 12.3. The summed E-state index contributed by atoms with van der Waals surface area (Å²) in [5.41, 5.74) is 7.85. The highest BCUT2D eigenvalue weighted by molar-refractivity contribution is 8.17.